The van der Waals surface area contributed by atoms with Gasteiger partial charge in [0, 0.05) is 17.8 Å². The number of nitrogens with zero attached hydrogens (tertiary/aromatic N) is 1. The summed E-state index contributed by atoms with van der Waals surface area (Å²) in [4.78, 5) is 15.6. The van der Waals surface area contributed by atoms with Crippen LogP contribution in [0.5, 0.6) is 5.75 Å². The number of hydrogen-bond acceptors (Lipinski definition) is 3. The number of fused-ring (bicyclic) bond motifs is 1. The van der Waals surface area contributed by atoms with Crippen LogP contribution >= 0.6 is 0 Å². The number of ether oxygens (including phenoxy) is 1. The minimum absolute atomic E-state index is 0.108. The van der Waals surface area contributed by atoms with E-state index in [1.165, 1.54) is 0 Å². The summed E-state index contributed by atoms with van der Waals surface area (Å²) in [7, 11) is 1.61. The van der Waals surface area contributed by atoms with E-state index < -0.39 is 5.54 Å². The van der Waals surface area contributed by atoms with Gasteiger partial charge in [0.2, 0.25) is 0 Å². The van der Waals surface area contributed by atoms with Crippen molar-refractivity contribution in [1.29, 1.82) is 0 Å². The Morgan fingerprint density at radius 1 is 1.08 bits per heavy atom. The molecule has 0 spiro atoms. The maximum absolute atomic E-state index is 13.4. The molecular formula is C22H23NO2. The lowest BCUT2D eigenvalue weighted by Gasteiger charge is -2.38. The number of methoxy groups -OCH3 is 1. The first-order valence-corrected chi connectivity index (χ1v) is 8.42. The molecule has 0 aromatic heterocycles. The minimum Gasteiger partial charge on any atom is -0.497 e. The van der Waals surface area contributed by atoms with Crippen LogP contribution in [0.15, 0.2) is 73.8 Å². The Morgan fingerprint density at radius 2 is 1.76 bits per heavy atom. The maximum Gasteiger partial charge on any atom is 0.191 e. The molecule has 0 bridgehead atoms. The van der Waals surface area contributed by atoms with E-state index in [1.807, 2.05) is 48.6 Å². The zero-order valence-electron chi connectivity index (χ0n) is 14.6. The van der Waals surface area contributed by atoms with Crippen molar-refractivity contribution in [2.24, 2.45) is 0 Å². The first-order chi connectivity index (χ1) is 12.2. The van der Waals surface area contributed by atoms with Crippen molar-refractivity contribution in [3.05, 3.63) is 85.0 Å². The molecule has 0 radical (unpaired) electrons. The van der Waals surface area contributed by atoms with Gasteiger partial charge in [-0.05, 0) is 36.6 Å². The molecule has 25 heavy (non-hydrogen) atoms. The standard InChI is InChI=1S/C22H23NO2/c1-4-13-22(14-5-2)21(24)19-15-18(25-3)11-12-20(19)23(22)16-17-9-7-6-8-10-17/h4-12,15H,1-2,13-14,16H2,3H3. The first kappa shape index (κ1) is 17.0. The van der Waals surface area contributed by atoms with E-state index in [9.17, 15) is 4.79 Å². The molecule has 128 valence electrons. The molecule has 3 rings (SSSR count). The Balaban J connectivity index is 2.13. The van der Waals surface area contributed by atoms with Gasteiger partial charge in [0.05, 0.1) is 7.11 Å². The van der Waals surface area contributed by atoms with Crippen molar-refractivity contribution in [1.82, 2.24) is 0 Å². The maximum atomic E-state index is 13.4. The van der Waals surface area contributed by atoms with Gasteiger partial charge in [-0.25, -0.2) is 0 Å². The van der Waals surface area contributed by atoms with Gasteiger partial charge < -0.3 is 9.64 Å². The first-order valence-electron chi connectivity index (χ1n) is 8.42. The fraction of sp³-hybridized carbons (Fsp3) is 0.227. The molecule has 0 amide bonds. The van der Waals surface area contributed by atoms with Gasteiger partial charge >= 0.3 is 0 Å². The average molecular weight is 333 g/mol. The van der Waals surface area contributed by atoms with Crippen LogP contribution in [-0.2, 0) is 6.54 Å². The third kappa shape index (κ3) is 2.86. The third-order valence-corrected chi connectivity index (χ3v) is 4.83. The molecule has 3 nitrogen and oxygen atoms in total. The molecule has 1 aliphatic heterocycles. The van der Waals surface area contributed by atoms with E-state index >= 15 is 0 Å². The fourth-order valence-electron chi connectivity index (χ4n) is 3.63. The van der Waals surface area contributed by atoms with Gasteiger partial charge in [0.1, 0.15) is 11.3 Å². The molecule has 2 aromatic carbocycles. The Morgan fingerprint density at radius 3 is 2.36 bits per heavy atom. The molecular weight excluding hydrogens is 310 g/mol. The lowest BCUT2D eigenvalue weighted by Crippen LogP contribution is -2.49. The van der Waals surface area contributed by atoms with Crippen LogP contribution in [0, 0.1) is 0 Å². The Bertz CT molecular complexity index is 785. The average Bonchev–Trinajstić information content (AvgIpc) is 2.86. The van der Waals surface area contributed by atoms with Crippen molar-refractivity contribution < 1.29 is 9.53 Å². The van der Waals surface area contributed by atoms with Crippen LogP contribution < -0.4 is 9.64 Å². The van der Waals surface area contributed by atoms with E-state index in [-0.39, 0.29) is 5.78 Å². The number of benzene rings is 2. The SMILES string of the molecule is C=CCC1(CC=C)C(=O)c2cc(OC)ccc2N1Cc1ccccc1. The second kappa shape index (κ2) is 6.98. The van der Waals surface area contributed by atoms with Crippen LogP contribution in [0.25, 0.3) is 0 Å². The van der Waals surface area contributed by atoms with E-state index in [0.29, 0.717) is 30.7 Å². The Hall–Kier alpha value is -2.81. The molecule has 0 saturated heterocycles. The molecule has 2 aromatic rings. The van der Waals surface area contributed by atoms with Crippen molar-refractivity contribution in [2.45, 2.75) is 24.9 Å². The monoisotopic (exact) mass is 333 g/mol. The summed E-state index contributed by atoms with van der Waals surface area (Å²) in [6.07, 6.45) is 4.79. The summed E-state index contributed by atoms with van der Waals surface area (Å²) in [6, 6.07) is 15.9. The molecule has 0 atom stereocenters. The minimum atomic E-state index is -0.673. The lowest BCUT2D eigenvalue weighted by atomic mass is 9.85. The molecule has 1 heterocycles. The predicted molar refractivity (Wildman–Crippen MR) is 102 cm³/mol. The topological polar surface area (TPSA) is 29.5 Å². The van der Waals surface area contributed by atoms with Gasteiger partial charge in [-0.3, -0.25) is 4.79 Å². The summed E-state index contributed by atoms with van der Waals surface area (Å²) in [5.74, 6) is 0.803. The summed E-state index contributed by atoms with van der Waals surface area (Å²) < 4.78 is 5.32. The van der Waals surface area contributed by atoms with E-state index in [4.69, 9.17) is 4.74 Å². The van der Waals surface area contributed by atoms with Crippen LogP contribution in [0.4, 0.5) is 5.69 Å². The number of Topliss-reactive ketones (excluding diaryl/α,β-unsaturated/α-hetero) is 1. The molecule has 0 unspecified atom stereocenters. The van der Waals surface area contributed by atoms with Gasteiger partial charge in [-0.2, -0.15) is 0 Å². The smallest absolute Gasteiger partial charge is 0.191 e. The predicted octanol–water partition coefficient (Wildman–Crippen LogP) is 4.79. The molecule has 1 aliphatic rings. The molecule has 0 aliphatic carbocycles. The van der Waals surface area contributed by atoms with Crippen LogP contribution in [0.3, 0.4) is 0 Å². The van der Waals surface area contributed by atoms with E-state index in [0.717, 1.165) is 11.3 Å². The van der Waals surface area contributed by atoms with Crippen LogP contribution in [0.1, 0.15) is 28.8 Å². The summed E-state index contributed by atoms with van der Waals surface area (Å²) in [5.41, 5.74) is 2.14. The highest BCUT2D eigenvalue weighted by atomic mass is 16.5. The number of anilines is 1. The Labute approximate surface area is 149 Å². The summed E-state index contributed by atoms with van der Waals surface area (Å²) >= 11 is 0. The third-order valence-electron chi connectivity index (χ3n) is 4.83. The number of carbonyl (C=O) groups is 1. The van der Waals surface area contributed by atoms with Crippen LogP contribution in [0.2, 0.25) is 0 Å². The van der Waals surface area contributed by atoms with E-state index in [1.54, 1.807) is 7.11 Å². The Kier molecular flexibility index (Phi) is 4.75. The second-order valence-corrected chi connectivity index (χ2v) is 6.30. The van der Waals surface area contributed by atoms with Crippen molar-refractivity contribution in [3.8, 4) is 5.75 Å². The number of ketones is 1. The number of carbonyl (C=O) groups excluding carboxylic acids is 1. The zero-order valence-corrected chi connectivity index (χ0v) is 14.6. The highest BCUT2D eigenvalue weighted by Gasteiger charge is 2.49. The summed E-state index contributed by atoms with van der Waals surface area (Å²) in [6.45, 7) is 8.43. The zero-order chi connectivity index (χ0) is 17.9. The molecule has 0 N–H and O–H groups in total. The largest absolute Gasteiger partial charge is 0.497 e. The van der Waals surface area contributed by atoms with Crippen LogP contribution in [-0.4, -0.2) is 18.4 Å². The quantitative estimate of drug-likeness (QED) is 0.682. The lowest BCUT2D eigenvalue weighted by molar-refractivity contribution is 0.0900. The van der Waals surface area contributed by atoms with Gasteiger partial charge in [0.15, 0.2) is 5.78 Å². The highest BCUT2D eigenvalue weighted by Crippen LogP contribution is 2.45. The molecule has 0 saturated carbocycles. The second-order valence-electron chi connectivity index (χ2n) is 6.30. The molecule has 0 fully saturated rings. The van der Waals surface area contributed by atoms with Crippen molar-refractivity contribution >= 4 is 11.5 Å². The van der Waals surface area contributed by atoms with Crippen molar-refractivity contribution in [3.63, 3.8) is 0 Å². The number of rotatable bonds is 7. The highest BCUT2D eigenvalue weighted by molar-refractivity contribution is 6.14. The molecule has 3 heteroatoms. The normalized spacial score (nSPS) is 14.9. The van der Waals surface area contributed by atoms with E-state index in [2.05, 4.69) is 30.2 Å². The van der Waals surface area contributed by atoms with Gasteiger partial charge in [-0.15, -0.1) is 13.2 Å². The fourth-order valence-corrected chi connectivity index (χ4v) is 3.63. The van der Waals surface area contributed by atoms with Gasteiger partial charge in [0.25, 0.3) is 0 Å². The summed E-state index contributed by atoms with van der Waals surface area (Å²) in [5, 5.41) is 0. The van der Waals surface area contributed by atoms with Crippen molar-refractivity contribution in [2.75, 3.05) is 12.0 Å². The van der Waals surface area contributed by atoms with Gasteiger partial charge in [-0.1, -0.05) is 42.5 Å². The number of hydrogen-bond donors (Lipinski definition) is 0.